The molecule has 0 aliphatic carbocycles. The molecule has 1 nitrogen and oxygen atoms in total. The Balaban J connectivity index is 2.57. The Hall–Kier alpha value is -1.05. The molecule has 0 amide bonds. The van der Waals surface area contributed by atoms with E-state index in [0.29, 0.717) is 10.2 Å². The lowest BCUT2D eigenvalue weighted by Crippen LogP contribution is -1.84. The first-order valence-corrected chi connectivity index (χ1v) is 4.90. The van der Waals surface area contributed by atoms with Gasteiger partial charge >= 0.3 is 0 Å². The van der Waals surface area contributed by atoms with E-state index in [1.54, 1.807) is 12.1 Å². The van der Waals surface area contributed by atoms with E-state index in [4.69, 9.17) is 23.2 Å². The van der Waals surface area contributed by atoms with E-state index in [0.717, 1.165) is 11.3 Å². The third-order valence-electron chi connectivity index (χ3n) is 1.86. The molecular formula is C11H7Cl2N. The van der Waals surface area contributed by atoms with E-state index >= 15 is 0 Å². The molecule has 0 bridgehead atoms. The van der Waals surface area contributed by atoms with Crippen molar-refractivity contribution in [3.8, 4) is 11.3 Å². The molecule has 3 heteroatoms. The van der Waals surface area contributed by atoms with Crippen LogP contribution in [-0.2, 0) is 0 Å². The fraction of sp³-hybridized carbons (Fsp3) is 0. The lowest BCUT2D eigenvalue weighted by molar-refractivity contribution is 1.33. The largest absolute Gasteiger partial charge is 0.235 e. The highest BCUT2D eigenvalue weighted by atomic mass is 35.5. The van der Waals surface area contributed by atoms with Gasteiger partial charge in [-0.05, 0) is 12.1 Å². The second-order valence-corrected chi connectivity index (χ2v) is 3.62. The quantitative estimate of drug-likeness (QED) is 0.665. The third kappa shape index (κ3) is 1.89. The summed E-state index contributed by atoms with van der Waals surface area (Å²) in [6, 6.07) is 13.1. The molecule has 1 aromatic heterocycles. The lowest BCUT2D eigenvalue weighted by atomic mass is 10.1. The first-order chi connectivity index (χ1) is 6.77. The van der Waals surface area contributed by atoms with Crippen LogP contribution in [0.25, 0.3) is 11.3 Å². The zero-order valence-corrected chi connectivity index (χ0v) is 8.76. The van der Waals surface area contributed by atoms with Crippen molar-refractivity contribution in [2.45, 2.75) is 0 Å². The highest BCUT2D eigenvalue weighted by molar-refractivity contribution is 6.34. The van der Waals surface area contributed by atoms with Crippen LogP contribution in [0, 0.1) is 0 Å². The Bertz CT molecular complexity index is 440. The topological polar surface area (TPSA) is 12.9 Å². The summed E-state index contributed by atoms with van der Waals surface area (Å²) in [5.41, 5.74) is 1.69. The second-order valence-electron chi connectivity index (χ2n) is 2.83. The SMILES string of the molecule is Clc1ccc(Cl)c(-c2ccccc2)n1. The zero-order chi connectivity index (χ0) is 9.97. The van der Waals surface area contributed by atoms with Crippen molar-refractivity contribution in [3.05, 3.63) is 52.6 Å². The fourth-order valence-corrected chi connectivity index (χ4v) is 1.58. The van der Waals surface area contributed by atoms with Crippen molar-refractivity contribution in [1.29, 1.82) is 0 Å². The molecule has 0 N–H and O–H groups in total. The molecule has 0 atom stereocenters. The molecule has 0 radical (unpaired) electrons. The Kier molecular flexibility index (Phi) is 2.71. The van der Waals surface area contributed by atoms with Crippen molar-refractivity contribution >= 4 is 23.2 Å². The summed E-state index contributed by atoms with van der Waals surface area (Å²) in [5, 5.41) is 1.06. The number of hydrogen-bond donors (Lipinski definition) is 0. The predicted molar refractivity (Wildman–Crippen MR) is 59.7 cm³/mol. The van der Waals surface area contributed by atoms with Crippen LogP contribution in [-0.4, -0.2) is 4.98 Å². The van der Waals surface area contributed by atoms with Gasteiger partial charge in [-0.1, -0.05) is 53.5 Å². The maximum atomic E-state index is 6.01. The number of aromatic nitrogens is 1. The molecule has 2 aromatic rings. The summed E-state index contributed by atoms with van der Waals surface area (Å²) in [6.45, 7) is 0. The molecule has 14 heavy (non-hydrogen) atoms. The summed E-state index contributed by atoms with van der Waals surface area (Å²) in [4.78, 5) is 4.18. The van der Waals surface area contributed by atoms with Gasteiger partial charge in [0.05, 0.1) is 10.7 Å². The predicted octanol–water partition coefficient (Wildman–Crippen LogP) is 4.06. The monoisotopic (exact) mass is 223 g/mol. The molecule has 0 aliphatic heterocycles. The van der Waals surface area contributed by atoms with Gasteiger partial charge in [-0.15, -0.1) is 0 Å². The van der Waals surface area contributed by atoms with Crippen molar-refractivity contribution in [1.82, 2.24) is 4.98 Å². The second kappa shape index (κ2) is 3.99. The van der Waals surface area contributed by atoms with Gasteiger partial charge in [0.1, 0.15) is 5.15 Å². The van der Waals surface area contributed by atoms with E-state index in [-0.39, 0.29) is 0 Å². The van der Waals surface area contributed by atoms with E-state index in [9.17, 15) is 0 Å². The van der Waals surface area contributed by atoms with Crippen LogP contribution in [0.15, 0.2) is 42.5 Å². The molecule has 1 aromatic carbocycles. The lowest BCUT2D eigenvalue weighted by Gasteiger charge is -2.02. The van der Waals surface area contributed by atoms with Gasteiger partial charge in [0.15, 0.2) is 0 Å². The molecule has 0 saturated heterocycles. The molecule has 1 heterocycles. The number of nitrogens with zero attached hydrogens (tertiary/aromatic N) is 1. The van der Waals surface area contributed by atoms with E-state index in [1.807, 2.05) is 30.3 Å². The molecule has 0 spiro atoms. The minimum absolute atomic E-state index is 0.452. The summed E-state index contributed by atoms with van der Waals surface area (Å²) in [6.07, 6.45) is 0. The molecule has 0 aliphatic rings. The minimum Gasteiger partial charge on any atom is -0.235 e. The first kappa shape index (κ1) is 9.50. The Labute approximate surface area is 92.3 Å². The fourth-order valence-electron chi connectivity index (χ4n) is 1.22. The Morgan fingerprint density at radius 2 is 1.57 bits per heavy atom. The van der Waals surface area contributed by atoms with Gasteiger partial charge in [-0.3, -0.25) is 0 Å². The zero-order valence-electron chi connectivity index (χ0n) is 7.24. The van der Waals surface area contributed by atoms with Crippen LogP contribution in [0.4, 0.5) is 0 Å². The normalized spacial score (nSPS) is 10.1. The molecule has 2 rings (SSSR count). The molecule has 70 valence electrons. The van der Waals surface area contributed by atoms with Crippen LogP contribution in [0.2, 0.25) is 10.2 Å². The maximum Gasteiger partial charge on any atom is 0.129 e. The number of halogens is 2. The average Bonchev–Trinajstić information content (AvgIpc) is 2.23. The van der Waals surface area contributed by atoms with E-state index in [1.165, 1.54) is 0 Å². The van der Waals surface area contributed by atoms with Gasteiger partial charge in [0.25, 0.3) is 0 Å². The van der Waals surface area contributed by atoms with Crippen molar-refractivity contribution in [2.75, 3.05) is 0 Å². The highest BCUT2D eigenvalue weighted by Gasteiger charge is 2.04. The standard InChI is InChI=1S/C11H7Cl2N/c12-9-6-7-10(13)14-11(9)8-4-2-1-3-5-8/h1-7H. The third-order valence-corrected chi connectivity index (χ3v) is 2.37. The smallest absolute Gasteiger partial charge is 0.129 e. The van der Waals surface area contributed by atoms with Crippen LogP contribution >= 0.6 is 23.2 Å². The van der Waals surface area contributed by atoms with Crippen LogP contribution in [0.5, 0.6) is 0 Å². The van der Waals surface area contributed by atoms with Gasteiger partial charge < -0.3 is 0 Å². The molecular weight excluding hydrogens is 217 g/mol. The first-order valence-electron chi connectivity index (χ1n) is 4.15. The van der Waals surface area contributed by atoms with Gasteiger partial charge in [0.2, 0.25) is 0 Å². The highest BCUT2D eigenvalue weighted by Crippen LogP contribution is 2.26. The summed E-state index contributed by atoms with van der Waals surface area (Å²) in [7, 11) is 0. The van der Waals surface area contributed by atoms with Gasteiger partial charge in [-0.25, -0.2) is 4.98 Å². The van der Waals surface area contributed by atoms with Crippen molar-refractivity contribution < 1.29 is 0 Å². The molecule has 0 fully saturated rings. The van der Waals surface area contributed by atoms with Crippen molar-refractivity contribution in [2.24, 2.45) is 0 Å². The number of rotatable bonds is 1. The summed E-state index contributed by atoms with van der Waals surface area (Å²) in [5.74, 6) is 0. The molecule has 0 saturated carbocycles. The van der Waals surface area contributed by atoms with Crippen LogP contribution in [0.3, 0.4) is 0 Å². The van der Waals surface area contributed by atoms with Gasteiger partial charge in [0, 0.05) is 5.56 Å². The number of benzene rings is 1. The average molecular weight is 224 g/mol. The maximum absolute atomic E-state index is 6.01. The minimum atomic E-state index is 0.452. The summed E-state index contributed by atoms with van der Waals surface area (Å²) < 4.78 is 0. The van der Waals surface area contributed by atoms with Crippen LogP contribution in [0.1, 0.15) is 0 Å². The van der Waals surface area contributed by atoms with E-state index < -0.39 is 0 Å². The van der Waals surface area contributed by atoms with E-state index in [2.05, 4.69) is 4.98 Å². The number of hydrogen-bond acceptors (Lipinski definition) is 1. The summed E-state index contributed by atoms with van der Waals surface area (Å²) >= 11 is 11.8. The van der Waals surface area contributed by atoms with Gasteiger partial charge in [-0.2, -0.15) is 0 Å². The Morgan fingerprint density at radius 3 is 2.29 bits per heavy atom. The number of pyridine rings is 1. The molecule has 0 unspecified atom stereocenters. The van der Waals surface area contributed by atoms with Crippen LogP contribution < -0.4 is 0 Å². The van der Waals surface area contributed by atoms with Crippen molar-refractivity contribution in [3.63, 3.8) is 0 Å². The Morgan fingerprint density at radius 1 is 0.857 bits per heavy atom.